The Hall–Kier alpha value is -2.24. The lowest BCUT2D eigenvalue weighted by atomic mass is 10.1. The molecule has 0 amide bonds. The van der Waals surface area contributed by atoms with Crippen molar-refractivity contribution in [1.29, 1.82) is 0 Å². The van der Waals surface area contributed by atoms with E-state index in [0.29, 0.717) is 6.61 Å². The number of ether oxygens (including phenoxy) is 1. The first-order valence-corrected chi connectivity index (χ1v) is 7.34. The predicted molar refractivity (Wildman–Crippen MR) is 83.5 cm³/mol. The van der Waals surface area contributed by atoms with Crippen molar-refractivity contribution < 1.29 is 9.66 Å². The number of hydrogen-bond donors (Lipinski definition) is 0. The summed E-state index contributed by atoms with van der Waals surface area (Å²) in [6.07, 6.45) is -0.0294. The van der Waals surface area contributed by atoms with Gasteiger partial charge in [0, 0.05) is 31.8 Å². The van der Waals surface area contributed by atoms with Crippen LogP contribution in [0.5, 0.6) is 0 Å². The highest BCUT2D eigenvalue weighted by Crippen LogP contribution is 2.25. The molecule has 1 fully saturated rings. The first kappa shape index (κ1) is 14.7. The molecule has 2 aromatic carbocycles. The fourth-order valence-corrected chi connectivity index (χ4v) is 2.70. The van der Waals surface area contributed by atoms with Gasteiger partial charge in [0.1, 0.15) is 0 Å². The summed E-state index contributed by atoms with van der Waals surface area (Å²) in [4.78, 5) is 12.7. The van der Waals surface area contributed by atoms with E-state index in [2.05, 4.69) is 17.0 Å². The van der Waals surface area contributed by atoms with Gasteiger partial charge in [-0.1, -0.05) is 30.3 Å². The molecule has 5 heteroatoms. The van der Waals surface area contributed by atoms with E-state index in [1.807, 2.05) is 18.2 Å². The second-order valence-electron chi connectivity index (χ2n) is 5.43. The summed E-state index contributed by atoms with van der Waals surface area (Å²) < 4.78 is 5.82. The van der Waals surface area contributed by atoms with Crippen molar-refractivity contribution in [2.75, 3.05) is 19.7 Å². The van der Waals surface area contributed by atoms with Crippen LogP contribution in [0.1, 0.15) is 17.2 Å². The molecule has 0 saturated carbocycles. The maximum atomic E-state index is 10.7. The van der Waals surface area contributed by atoms with E-state index < -0.39 is 0 Å². The molecule has 1 saturated heterocycles. The van der Waals surface area contributed by atoms with E-state index in [4.69, 9.17) is 4.74 Å². The minimum absolute atomic E-state index is 0.0294. The number of hydrogen-bond acceptors (Lipinski definition) is 4. The first-order chi connectivity index (χ1) is 10.7. The zero-order valence-corrected chi connectivity index (χ0v) is 12.2. The fourth-order valence-electron chi connectivity index (χ4n) is 2.70. The van der Waals surface area contributed by atoms with Crippen LogP contribution in [0.25, 0.3) is 0 Å². The summed E-state index contributed by atoms with van der Waals surface area (Å²) in [6.45, 7) is 3.27. The molecule has 1 unspecified atom stereocenters. The fraction of sp³-hybridized carbons (Fsp3) is 0.294. The van der Waals surface area contributed by atoms with Crippen LogP contribution in [0.4, 0.5) is 5.69 Å². The van der Waals surface area contributed by atoms with Crippen LogP contribution in [-0.4, -0.2) is 29.5 Å². The Labute approximate surface area is 129 Å². The molecule has 2 aromatic rings. The maximum absolute atomic E-state index is 10.7. The minimum atomic E-state index is -0.382. The highest BCUT2D eigenvalue weighted by atomic mass is 16.6. The van der Waals surface area contributed by atoms with E-state index in [1.54, 1.807) is 12.1 Å². The van der Waals surface area contributed by atoms with Gasteiger partial charge >= 0.3 is 0 Å². The number of rotatable bonds is 4. The number of benzene rings is 2. The quantitative estimate of drug-likeness (QED) is 0.642. The average Bonchev–Trinajstić information content (AvgIpc) is 2.56. The lowest BCUT2D eigenvalue weighted by Gasteiger charge is -2.33. The van der Waals surface area contributed by atoms with Gasteiger partial charge in [-0.2, -0.15) is 0 Å². The molecule has 0 aliphatic carbocycles. The topological polar surface area (TPSA) is 55.6 Å². The van der Waals surface area contributed by atoms with Crippen LogP contribution in [0, 0.1) is 10.1 Å². The Balaban J connectivity index is 1.66. The van der Waals surface area contributed by atoms with Crippen molar-refractivity contribution in [2.24, 2.45) is 0 Å². The second kappa shape index (κ2) is 6.68. The number of morpholine rings is 1. The van der Waals surface area contributed by atoms with Gasteiger partial charge in [0.05, 0.1) is 17.6 Å². The molecule has 0 bridgehead atoms. The maximum Gasteiger partial charge on any atom is 0.269 e. The summed E-state index contributed by atoms with van der Waals surface area (Å²) in [7, 11) is 0. The zero-order valence-electron chi connectivity index (χ0n) is 12.2. The molecule has 0 radical (unpaired) electrons. The van der Waals surface area contributed by atoms with Crippen LogP contribution in [0.15, 0.2) is 54.6 Å². The molecular weight excluding hydrogens is 280 g/mol. The highest BCUT2D eigenvalue weighted by molar-refractivity contribution is 5.34. The molecule has 0 aromatic heterocycles. The Bertz CT molecular complexity index is 628. The van der Waals surface area contributed by atoms with Crippen LogP contribution >= 0.6 is 0 Å². The van der Waals surface area contributed by atoms with Gasteiger partial charge in [0.25, 0.3) is 5.69 Å². The van der Waals surface area contributed by atoms with Gasteiger partial charge in [-0.15, -0.1) is 0 Å². The number of nitro groups is 1. The zero-order chi connectivity index (χ0) is 15.4. The average molecular weight is 298 g/mol. The third-order valence-electron chi connectivity index (χ3n) is 3.88. The van der Waals surface area contributed by atoms with Gasteiger partial charge < -0.3 is 4.74 Å². The van der Waals surface area contributed by atoms with Crippen LogP contribution < -0.4 is 0 Å². The molecular formula is C17H18N2O3. The first-order valence-electron chi connectivity index (χ1n) is 7.34. The summed E-state index contributed by atoms with van der Waals surface area (Å²) in [5, 5.41) is 10.7. The van der Waals surface area contributed by atoms with E-state index >= 15 is 0 Å². The van der Waals surface area contributed by atoms with E-state index in [0.717, 1.165) is 25.2 Å². The van der Waals surface area contributed by atoms with Crippen LogP contribution in [0.3, 0.4) is 0 Å². The molecule has 0 N–H and O–H groups in total. The lowest BCUT2D eigenvalue weighted by Crippen LogP contribution is -2.37. The van der Waals surface area contributed by atoms with E-state index in [-0.39, 0.29) is 16.7 Å². The second-order valence-corrected chi connectivity index (χ2v) is 5.43. The van der Waals surface area contributed by atoms with Gasteiger partial charge in [-0.3, -0.25) is 15.0 Å². The van der Waals surface area contributed by atoms with Crippen molar-refractivity contribution >= 4 is 5.69 Å². The number of nitrogens with zero attached hydrogens (tertiary/aromatic N) is 2. The molecule has 0 spiro atoms. The molecule has 5 nitrogen and oxygen atoms in total. The Morgan fingerprint density at radius 1 is 1.14 bits per heavy atom. The standard InChI is InChI=1S/C17H18N2O3/c20-19(21)16-8-6-15(7-9-16)17-13-18(10-11-22-17)12-14-4-2-1-3-5-14/h1-9,17H,10-13H2. The van der Waals surface area contributed by atoms with Gasteiger partial charge in [0.15, 0.2) is 0 Å². The summed E-state index contributed by atoms with van der Waals surface area (Å²) in [5.74, 6) is 0. The third kappa shape index (κ3) is 3.50. The molecule has 3 rings (SSSR count). The van der Waals surface area contributed by atoms with Crippen molar-refractivity contribution in [3.63, 3.8) is 0 Å². The van der Waals surface area contributed by atoms with E-state index in [1.165, 1.54) is 17.7 Å². The summed E-state index contributed by atoms with van der Waals surface area (Å²) in [5.41, 5.74) is 2.39. The third-order valence-corrected chi connectivity index (χ3v) is 3.88. The van der Waals surface area contributed by atoms with E-state index in [9.17, 15) is 10.1 Å². The summed E-state index contributed by atoms with van der Waals surface area (Å²) >= 11 is 0. The highest BCUT2D eigenvalue weighted by Gasteiger charge is 2.22. The lowest BCUT2D eigenvalue weighted by molar-refractivity contribution is -0.384. The normalized spacial score (nSPS) is 19.0. The van der Waals surface area contributed by atoms with Crippen LogP contribution in [-0.2, 0) is 11.3 Å². The van der Waals surface area contributed by atoms with Crippen LogP contribution in [0.2, 0.25) is 0 Å². The Morgan fingerprint density at radius 3 is 2.55 bits per heavy atom. The van der Waals surface area contributed by atoms with Gasteiger partial charge in [-0.05, 0) is 23.3 Å². The molecule has 114 valence electrons. The predicted octanol–water partition coefficient (Wildman–Crippen LogP) is 3.17. The number of non-ortho nitro benzene ring substituents is 1. The smallest absolute Gasteiger partial charge is 0.269 e. The Kier molecular flexibility index (Phi) is 4.46. The van der Waals surface area contributed by atoms with Gasteiger partial charge in [-0.25, -0.2) is 0 Å². The van der Waals surface area contributed by atoms with Crippen molar-refractivity contribution in [1.82, 2.24) is 4.90 Å². The molecule has 1 atom stereocenters. The number of nitro benzene ring substituents is 1. The van der Waals surface area contributed by atoms with Crippen molar-refractivity contribution in [3.05, 3.63) is 75.8 Å². The largest absolute Gasteiger partial charge is 0.371 e. The Morgan fingerprint density at radius 2 is 1.86 bits per heavy atom. The van der Waals surface area contributed by atoms with Crippen molar-refractivity contribution in [3.8, 4) is 0 Å². The van der Waals surface area contributed by atoms with Crippen molar-refractivity contribution in [2.45, 2.75) is 12.6 Å². The monoisotopic (exact) mass is 298 g/mol. The summed E-state index contributed by atoms with van der Waals surface area (Å²) in [6, 6.07) is 17.0. The molecule has 22 heavy (non-hydrogen) atoms. The van der Waals surface area contributed by atoms with Gasteiger partial charge in [0.2, 0.25) is 0 Å². The SMILES string of the molecule is O=[N+]([O-])c1ccc(C2CN(Cc3ccccc3)CCO2)cc1. The molecule has 1 aliphatic rings. The minimum Gasteiger partial charge on any atom is -0.371 e. The molecule has 1 aliphatic heterocycles. The molecule has 1 heterocycles.